The molecule has 2 heterocycles. The number of imidazole rings is 1. The lowest BCUT2D eigenvalue weighted by molar-refractivity contribution is -0.133. The summed E-state index contributed by atoms with van der Waals surface area (Å²) in [5, 5.41) is 10.2. The van der Waals surface area contributed by atoms with E-state index in [1.165, 1.54) is 0 Å². The van der Waals surface area contributed by atoms with E-state index in [1.807, 2.05) is 11.9 Å². The molecule has 1 amide bonds. The smallest absolute Gasteiger partial charge is 0.225 e. The Morgan fingerprint density at radius 2 is 2.13 bits per heavy atom. The predicted octanol–water partition coefficient (Wildman–Crippen LogP) is 1.57. The van der Waals surface area contributed by atoms with E-state index in [4.69, 9.17) is 0 Å². The number of aryl methyl sites for hydroxylation is 1. The number of amides is 1. The highest BCUT2D eigenvalue weighted by Gasteiger charge is 2.25. The molecule has 2 rings (SSSR count). The number of hydrogen-bond acceptors (Lipinski definition) is 4. The average Bonchev–Trinajstić information content (AvgIpc) is 2.82. The van der Waals surface area contributed by atoms with Crippen molar-refractivity contribution in [3.63, 3.8) is 0 Å². The number of nitrogens with zero attached hydrogens (tertiary/aromatic N) is 4. The van der Waals surface area contributed by atoms with Crippen LogP contribution in [0.3, 0.4) is 0 Å². The van der Waals surface area contributed by atoms with Crippen molar-refractivity contribution in [1.82, 2.24) is 19.4 Å². The zero-order valence-corrected chi connectivity index (χ0v) is 14.6. The van der Waals surface area contributed by atoms with E-state index in [0.29, 0.717) is 11.9 Å². The molecule has 2 unspecified atom stereocenters. The molecule has 0 saturated carbocycles. The fourth-order valence-corrected chi connectivity index (χ4v) is 3.52. The zero-order chi connectivity index (χ0) is 16.8. The van der Waals surface area contributed by atoms with Gasteiger partial charge in [0.15, 0.2) is 0 Å². The fraction of sp³-hybridized carbons (Fsp3) is 0.765. The summed E-state index contributed by atoms with van der Waals surface area (Å²) in [6.07, 6.45) is 5.91. The second-order valence-corrected chi connectivity index (χ2v) is 6.30. The van der Waals surface area contributed by atoms with E-state index in [9.17, 15) is 9.90 Å². The second kappa shape index (κ2) is 8.45. The Balaban J connectivity index is 1.89. The lowest BCUT2D eigenvalue weighted by Gasteiger charge is -2.28. The fourth-order valence-electron chi connectivity index (χ4n) is 3.52. The highest BCUT2D eigenvalue weighted by atomic mass is 16.3. The van der Waals surface area contributed by atoms with E-state index in [0.717, 1.165) is 45.4 Å². The normalized spacial score (nSPS) is 20.6. The van der Waals surface area contributed by atoms with Crippen LogP contribution in [0.5, 0.6) is 0 Å². The van der Waals surface area contributed by atoms with Gasteiger partial charge < -0.3 is 19.5 Å². The van der Waals surface area contributed by atoms with Crippen molar-refractivity contribution in [1.29, 1.82) is 0 Å². The van der Waals surface area contributed by atoms with Crippen LogP contribution < -0.4 is 0 Å². The third-order valence-electron chi connectivity index (χ3n) is 4.90. The highest BCUT2D eigenvalue weighted by Crippen LogP contribution is 2.20. The van der Waals surface area contributed by atoms with E-state index in [1.54, 1.807) is 17.0 Å². The standard InChI is InChI=1S/C17H30N4O2/c1-4-20(5-2)14-7-6-10-21(11-8-14)16(23)13-15(22)17-18-9-12-19(17)3/h9,12,14-15,22H,4-8,10-11,13H2,1-3H3. The lowest BCUT2D eigenvalue weighted by Crippen LogP contribution is -2.37. The number of carbonyl (C=O) groups excluding carboxylic acids is 1. The molecule has 2 atom stereocenters. The summed E-state index contributed by atoms with van der Waals surface area (Å²) in [4.78, 5) is 21.0. The van der Waals surface area contributed by atoms with E-state index in [2.05, 4.69) is 23.7 Å². The molecular formula is C17H30N4O2. The molecule has 0 radical (unpaired) electrons. The van der Waals surface area contributed by atoms with Gasteiger partial charge in [0.2, 0.25) is 5.91 Å². The Bertz CT molecular complexity index is 499. The molecule has 0 spiro atoms. The molecule has 0 bridgehead atoms. The van der Waals surface area contributed by atoms with Crippen molar-refractivity contribution in [2.45, 2.75) is 51.7 Å². The Morgan fingerprint density at radius 3 is 2.74 bits per heavy atom. The summed E-state index contributed by atoms with van der Waals surface area (Å²) in [6.45, 7) is 8.10. The van der Waals surface area contributed by atoms with Crippen LogP contribution in [0.15, 0.2) is 12.4 Å². The Labute approximate surface area is 139 Å². The molecule has 1 aliphatic heterocycles. The number of rotatable bonds is 6. The quantitative estimate of drug-likeness (QED) is 0.863. The maximum atomic E-state index is 12.5. The monoisotopic (exact) mass is 322 g/mol. The summed E-state index contributed by atoms with van der Waals surface area (Å²) in [5.41, 5.74) is 0. The van der Waals surface area contributed by atoms with Gasteiger partial charge in [-0.3, -0.25) is 4.79 Å². The third kappa shape index (κ3) is 4.54. The number of aromatic nitrogens is 2. The van der Waals surface area contributed by atoms with E-state index in [-0.39, 0.29) is 12.3 Å². The maximum Gasteiger partial charge on any atom is 0.225 e. The van der Waals surface area contributed by atoms with Gasteiger partial charge in [0.25, 0.3) is 0 Å². The minimum atomic E-state index is -0.829. The molecular weight excluding hydrogens is 292 g/mol. The van der Waals surface area contributed by atoms with Gasteiger partial charge in [0.1, 0.15) is 11.9 Å². The summed E-state index contributed by atoms with van der Waals surface area (Å²) >= 11 is 0. The van der Waals surface area contributed by atoms with Crippen LogP contribution in [0.1, 0.15) is 51.5 Å². The lowest BCUT2D eigenvalue weighted by atomic mass is 10.1. The molecule has 130 valence electrons. The third-order valence-corrected chi connectivity index (χ3v) is 4.90. The maximum absolute atomic E-state index is 12.5. The van der Waals surface area contributed by atoms with Gasteiger partial charge in [-0.25, -0.2) is 4.98 Å². The van der Waals surface area contributed by atoms with E-state index < -0.39 is 6.10 Å². The molecule has 1 fully saturated rings. The number of hydrogen-bond donors (Lipinski definition) is 1. The SMILES string of the molecule is CCN(CC)C1CCCN(C(=O)CC(O)c2nccn2C)CC1. The summed E-state index contributed by atoms with van der Waals surface area (Å²) in [6, 6.07) is 0.572. The van der Waals surface area contributed by atoms with Crippen molar-refractivity contribution in [3.05, 3.63) is 18.2 Å². The molecule has 0 aromatic carbocycles. The average molecular weight is 322 g/mol. The Hall–Kier alpha value is -1.40. The van der Waals surface area contributed by atoms with Crippen LogP contribution in [0.4, 0.5) is 0 Å². The first-order valence-corrected chi connectivity index (χ1v) is 8.73. The Kier molecular flexibility index (Phi) is 6.59. The minimum absolute atomic E-state index is 0.0284. The van der Waals surface area contributed by atoms with Gasteiger partial charge in [0, 0.05) is 38.6 Å². The molecule has 1 aliphatic rings. The minimum Gasteiger partial charge on any atom is -0.385 e. The number of likely N-dealkylation sites (tertiary alicyclic amines) is 1. The molecule has 1 aromatic rings. The van der Waals surface area contributed by atoms with Crippen molar-refractivity contribution in [2.24, 2.45) is 7.05 Å². The van der Waals surface area contributed by atoms with Gasteiger partial charge in [-0.15, -0.1) is 0 Å². The van der Waals surface area contributed by atoms with Gasteiger partial charge in [0.05, 0.1) is 6.42 Å². The number of carbonyl (C=O) groups is 1. The molecule has 1 N–H and O–H groups in total. The summed E-state index contributed by atoms with van der Waals surface area (Å²) in [7, 11) is 1.83. The van der Waals surface area contributed by atoms with Crippen LogP contribution in [-0.2, 0) is 11.8 Å². The molecule has 1 aromatic heterocycles. The highest BCUT2D eigenvalue weighted by molar-refractivity contribution is 5.76. The van der Waals surface area contributed by atoms with Crippen LogP contribution in [0, 0.1) is 0 Å². The second-order valence-electron chi connectivity index (χ2n) is 6.30. The molecule has 6 nitrogen and oxygen atoms in total. The molecule has 6 heteroatoms. The van der Waals surface area contributed by atoms with Gasteiger partial charge in [-0.2, -0.15) is 0 Å². The van der Waals surface area contributed by atoms with Crippen LogP contribution in [-0.4, -0.2) is 62.6 Å². The first kappa shape index (κ1) is 17.9. The first-order valence-electron chi connectivity index (χ1n) is 8.73. The topological polar surface area (TPSA) is 61.6 Å². The number of aliphatic hydroxyl groups is 1. The van der Waals surface area contributed by atoms with Crippen molar-refractivity contribution in [3.8, 4) is 0 Å². The van der Waals surface area contributed by atoms with Crippen molar-refractivity contribution in [2.75, 3.05) is 26.2 Å². The Morgan fingerprint density at radius 1 is 1.39 bits per heavy atom. The van der Waals surface area contributed by atoms with Crippen LogP contribution in [0.25, 0.3) is 0 Å². The van der Waals surface area contributed by atoms with Crippen molar-refractivity contribution >= 4 is 5.91 Å². The summed E-state index contributed by atoms with van der Waals surface area (Å²) in [5.74, 6) is 0.579. The van der Waals surface area contributed by atoms with Crippen molar-refractivity contribution < 1.29 is 9.90 Å². The van der Waals surface area contributed by atoms with Crippen LogP contribution in [0.2, 0.25) is 0 Å². The zero-order valence-electron chi connectivity index (χ0n) is 14.6. The summed E-state index contributed by atoms with van der Waals surface area (Å²) < 4.78 is 1.76. The predicted molar refractivity (Wildman–Crippen MR) is 89.9 cm³/mol. The molecule has 0 aliphatic carbocycles. The largest absolute Gasteiger partial charge is 0.385 e. The van der Waals surface area contributed by atoms with Gasteiger partial charge >= 0.3 is 0 Å². The number of aliphatic hydroxyl groups excluding tert-OH is 1. The van der Waals surface area contributed by atoms with Gasteiger partial charge in [-0.05, 0) is 32.4 Å². The molecule has 23 heavy (non-hydrogen) atoms. The van der Waals surface area contributed by atoms with E-state index >= 15 is 0 Å². The van der Waals surface area contributed by atoms with Crippen LogP contribution >= 0.6 is 0 Å². The van der Waals surface area contributed by atoms with Gasteiger partial charge in [-0.1, -0.05) is 13.8 Å². The molecule has 1 saturated heterocycles. The first-order chi connectivity index (χ1) is 11.1.